The van der Waals surface area contributed by atoms with Crippen LogP contribution in [0.2, 0.25) is 0 Å². The smallest absolute Gasteiger partial charge is 0.138 e. The first-order valence-corrected chi connectivity index (χ1v) is 4.73. The SMILES string of the molecule is CCN1CCN(CC)C(C=O)C1. The minimum absolute atomic E-state index is 0.128. The summed E-state index contributed by atoms with van der Waals surface area (Å²) in [5.41, 5.74) is 0. The Morgan fingerprint density at radius 1 is 1.33 bits per heavy atom. The molecular weight excluding hydrogens is 152 g/mol. The molecule has 0 aromatic carbocycles. The van der Waals surface area contributed by atoms with Crippen molar-refractivity contribution in [3.05, 3.63) is 0 Å². The van der Waals surface area contributed by atoms with Crippen LogP contribution in [0.25, 0.3) is 0 Å². The van der Waals surface area contributed by atoms with Gasteiger partial charge in [-0.1, -0.05) is 13.8 Å². The van der Waals surface area contributed by atoms with Crippen molar-refractivity contribution in [3.63, 3.8) is 0 Å². The average Bonchev–Trinajstić information content (AvgIpc) is 2.16. The zero-order chi connectivity index (χ0) is 8.97. The monoisotopic (exact) mass is 170 g/mol. The van der Waals surface area contributed by atoms with E-state index in [4.69, 9.17) is 0 Å². The first-order chi connectivity index (χ1) is 5.81. The van der Waals surface area contributed by atoms with Gasteiger partial charge in [-0.15, -0.1) is 0 Å². The van der Waals surface area contributed by atoms with Crippen LogP contribution >= 0.6 is 0 Å². The number of hydrogen-bond acceptors (Lipinski definition) is 3. The second-order valence-electron chi connectivity index (χ2n) is 3.23. The highest BCUT2D eigenvalue weighted by molar-refractivity contribution is 5.58. The third-order valence-electron chi connectivity index (χ3n) is 2.63. The summed E-state index contributed by atoms with van der Waals surface area (Å²) >= 11 is 0. The minimum Gasteiger partial charge on any atom is -0.302 e. The first kappa shape index (κ1) is 9.68. The number of piperazine rings is 1. The molecule has 1 aliphatic heterocycles. The predicted molar refractivity (Wildman–Crippen MR) is 49.2 cm³/mol. The second kappa shape index (κ2) is 4.58. The molecule has 1 fully saturated rings. The zero-order valence-electron chi connectivity index (χ0n) is 7.99. The Hall–Kier alpha value is -0.410. The molecule has 0 spiro atoms. The zero-order valence-corrected chi connectivity index (χ0v) is 7.99. The van der Waals surface area contributed by atoms with Gasteiger partial charge in [0.2, 0.25) is 0 Å². The second-order valence-corrected chi connectivity index (χ2v) is 3.23. The minimum atomic E-state index is 0.128. The fraction of sp³-hybridized carbons (Fsp3) is 0.889. The van der Waals surface area contributed by atoms with E-state index in [1.165, 1.54) is 0 Å². The molecule has 3 heteroatoms. The van der Waals surface area contributed by atoms with Crippen LogP contribution in [0.4, 0.5) is 0 Å². The molecule has 0 bridgehead atoms. The van der Waals surface area contributed by atoms with E-state index in [0.29, 0.717) is 0 Å². The molecule has 1 unspecified atom stereocenters. The Kier molecular flexibility index (Phi) is 3.69. The third-order valence-corrected chi connectivity index (χ3v) is 2.63. The summed E-state index contributed by atoms with van der Waals surface area (Å²) in [5.74, 6) is 0. The molecular formula is C9H18N2O. The highest BCUT2D eigenvalue weighted by Gasteiger charge is 2.23. The van der Waals surface area contributed by atoms with Gasteiger partial charge in [-0.25, -0.2) is 0 Å². The standard InChI is InChI=1S/C9H18N2O/c1-3-10-5-6-11(4-2)9(7-10)8-12/h8-9H,3-7H2,1-2H3. The van der Waals surface area contributed by atoms with Gasteiger partial charge >= 0.3 is 0 Å². The van der Waals surface area contributed by atoms with Crippen LogP contribution < -0.4 is 0 Å². The van der Waals surface area contributed by atoms with Gasteiger partial charge in [-0.05, 0) is 13.1 Å². The molecule has 0 N–H and O–H groups in total. The van der Waals surface area contributed by atoms with Crippen LogP contribution in [-0.2, 0) is 4.79 Å². The van der Waals surface area contributed by atoms with Crippen LogP contribution in [0.1, 0.15) is 13.8 Å². The van der Waals surface area contributed by atoms with Crippen LogP contribution in [-0.4, -0.2) is 54.9 Å². The van der Waals surface area contributed by atoms with Gasteiger partial charge < -0.3 is 9.69 Å². The highest BCUT2D eigenvalue weighted by atomic mass is 16.1. The Balaban J connectivity index is 2.47. The number of carbonyl (C=O) groups excluding carboxylic acids is 1. The van der Waals surface area contributed by atoms with E-state index in [9.17, 15) is 4.79 Å². The van der Waals surface area contributed by atoms with Gasteiger partial charge in [-0.3, -0.25) is 4.90 Å². The van der Waals surface area contributed by atoms with Crippen LogP contribution in [0.5, 0.6) is 0 Å². The lowest BCUT2D eigenvalue weighted by molar-refractivity contribution is -0.114. The summed E-state index contributed by atoms with van der Waals surface area (Å²) in [5, 5.41) is 0. The van der Waals surface area contributed by atoms with E-state index < -0.39 is 0 Å². The summed E-state index contributed by atoms with van der Waals surface area (Å²) in [7, 11) is 0. The van der Waals surface area contributed by atoms with Gasteiger partial charge in [0, 0.05) is 19.6 Å². The molecule has 1 aliphatic rings. The maximum absolute atomic E-state index is 10.7. The molecule has 0 amide bonds. The Morgan fingerprint density at radius 2 is 2.08 bits per heavy atom. The number of aldehydes is 1. The van der Waals surface area contributed by atoms with Gasteiger partial charge in [-0.2, -0.15) is 0 Å². The molecule has 0 aromatic heterocycles. The van der Waals surface area contributed by atoms with E-state index >= 15 is 0 Å². The molecule has 1 heterocycles. The molecule has 3 nitrogen and oxygen atoms in total. The first-order valence-electron chi connectivity index (χ1n) is 4.73. The molecule has 1 saturated heterocycles. The Bertz CT molecular complexity index is 149. The predicted octanol–water partition coefficient (Wildman–Crippen LogP) is 0.211. The van der Waals surface area contributed by atoms with E-state index in [1.54, 1.807) is 0 Å². The number of rotatable bonds is 3. The summed E-state index contributed by atoms with van der Waals surface area (Å²) in [6, 6.07) is 0.128. The van der Waals surface area contributed by atoms with Crippen molar-refractivity contribution in [1.82, 2.24) is 9.80 Å². The summed E-state index contributed by atoms with van der Waals surface area (Å²) in [6.07, 6.45) is 1.07. The summed E-state index contributed by atoms with van der Waals surface area (Å²) in [4.78, 5) is 15.3. The van der Waals surface area contributed by atoms with Crippen LogP contribution in [0.15, 0.2) is 0 Å². The average molecular weight is 170 g/mol. The lowest BCUT2D eigenvalue weighted by Crippen LogP contribution is -2.53. The maximum atomic E-state index is 10.7. The quantitative estimate of drug-likeness (QED) is 0.566. The van der Waals surface area contributed by atoms with Crippen molar-refractivity contribution < 1.29 is 4.79 Å². The summed E-state index contributed by atoms with van der Waals surface area (Å²) in [6.45, 7) is 9.35. The molecule has 0 aromatic rings. The Labute approximate surface area is 74.3 Å². The molecule has 0 aliphatic carbocycles. The lowest BCUT2D eigenvalue weighted by atomic mass is 10.2. The maximum Gasteiger partial charge on any atom is 0.138 e. The van der Waals surface area contributed by atoms with Gasteiger partial charge in [0.25, 0.3) is 0 Å². The topological polar surface area (TPSA) is 23.6 Å². The largest absolute Gasteiger partial charge is 0.302 e. The Morgan fingerprint density at radius 3 is 2.58 bits per heavy atom. The summed E-state index contributed by atoms with van der Waals surface area (Å²) < 4.78 is 0. The van der Waals surface area contributed by atoms with Crippen molar-refractivity contribution in [1.29, 1.82) is 0 Å². The van der Waals surface area contributed by atoms with Crippen molar-refractivity contribution >= 4 is 6.29 Å². The number of likely N-dealkylation sites (N-methyl/N-ethyl adjacent to an activating group) is 2. The number of nitrogens with zero attached hydrogens (tertiary/aromatic N) is 2. The van der Waals surface area contributed by atoms with E-state index in [2.05, 4.69) is 23.6 Å². The van der Waals surface area contributed by atoms with Crippen molar-refractivity contribution in [3.8, 4) is 0 Å². The number of carbonyl (C=O) groups is 1. The van der Waals surface area contributed by atoms with E-state index in [1.807, 2.05) is 0 Å². The normalized spacial score (nSPS) is 27.3. The van der Waals surface area contributed by atoms with E-state index in [0.717, 1.165) is 39.0 Å². The van der Waals surface area contributed by atoms with Crippen molar-refractivity contribution in [2.45, 2.75) is 19.9 Å². The van der Waals surface area contributed by atoms with Gasteiger partial charge in [0.15, 0.2) is 0 Å². The fourth-order valence-corrected chi connectivity index (χ4v) is 1.72. The highest BCUT2D eigenvalue weighted by Crippen LogP contribution is 2.06. The van der Waals surface area contributed by atoms with Crippen molar-refractivity contribution in [2.75, 3.05) is 32.7 Å². The molecule has 12 heavy (non-hydrogen) atoms. The molecule has 0 radical (unpaired) electrons. The molecule has 1 rings (SSSR count). The molecule has 1 atom stereocenters. The van der Waals surface area contributed by atoms with Crippen LogP contribution in [0, 0.1) is 0 Å². The van der Waals surface area contributed by atoms with Gasteiger partial charge in [0.1, 0.15) is 6.29 Å². The van der Waals surface area contributed by atoms with Crippen LogP contribution in [0.3, 0.4) is 0 Å². The third kappa shape index (κ3) is 2.05. The van der Waals surface area contributed by atoms with Crippen molar-refractivity contribution in [2.24, 2.45) is 0 Å². The van der Waals surface area contributed by atoms with Gasteiger partial charge in [0.05, 0.1) is 6.04 Å². The van der Waals surface area contributed by atoms with E-state index in [-0.39, 0.29) is 6.04 Å². The lowest BCUT2D eigenvalue weighted by Gasteiger charge is -2.37. The fourth-order valence-electron chi connectivity index (χ4n) is 1.72. The number of hydrogen-bond donors (Lipinski definition) is 0. The molecule has 0 saturated carbocycles. The molecule has 70 valence electrons.